The molecule has 2 aromatic heterocycles. The number of hydrogen-bond acceptors (Lipinski definition) is 6. The topological polar surface area (TPSA) is 61.6 Å². The van der Waals surface area contributed by atoms with Crippen molar-refractivity contribution in [3.05, 3.63) is 69.7 Å². The molecular formula is C22H18ClNO4S. The average molecular weight is 428 g/mol. The van der Waals surface area contributed by atoms with Crippen molar-refractivity contribution in [3.8, 4) is 17.1 Å². The summed E-state index contributed by atoms with van der Waals surface area (Å²) in [6.45, 7) is 2.28. The van der Waals surface area contributed by atoms with Gasteiger partial charge in [-0.3, -0.25) is 4.79 Å². The lowest BCUT2D eigenvalue weighted by Crippen LogP contribution is -2.03. The maximum atomic E-state index is 11.6. The number of fused-ring (bicyclic) bond motifs is 1. The number of benzene rings is 2. The van der Waals surface area contributed by atoms with E-state index in [4.69, 9.17) is 25.6 Å². The average Bonchev–Trinajstić information content (AvgIpc) is 3.34. The van der Waals surface area contributed by atoms with Crippen molar-refractivity contribution >= 4 is 39.0 Å². The lowest BCUT2D eigenvalue weighted by atomic mass is 10.1. The fourth-order valence-electron chi connectivity index (χ4n) is 3.02. The van der Waals surface area contributed by atoms with Gasteiger partial charge in [0.25, 0.3) is 0 Å². The molecule has 4 aromatic rings. The van der Waals surface area contributed by atoms with Gasteiger partial charge in [0, 0.05) is 21.4 Å². The van der Waals surface area contributed by atoms with Crippen molar-refractivity contribution in [2.75, 3.05) is 7.11 Å². The van der Waals surface area contributed by atoms with Crippen LogP contribution in [-0.4, -0.2) is 18.2 Å². The zero-order valence-corrected chi connectivity index (χ0v) is 17.5. The first-order valence-corrected chi connectivity index (χ1v) is 10.2. The van der Waals surface area contributed by atoms with Crippen LogP contribution in [0.15, 0.2) is 52.4 Å². The van der Waals surface area contributed by atoms with Crippen LogP contribution >= 0.6 is 22.9 Å². The van der Waals surface area contributed by atoms with Crippen LogP contribution in [0.4, 0.5) is 0 Å². The number of methoxy groups -OCH3 is 1. The van der Waals surface area contributed by atoms with Gasteiger partial charge in [-0.05, 0) is 65.2 Å². The van der Waals surface area contributed by atoms with E-state index in [0.29, 0.717) is 23.1 Å². The highest BCUT2D eigenvalue weighted by molar-refractivity contribution is 7.17. The number of carbonyl (C=O) groups excluding carboxylic acids is 1. The predicted octanol–water partition coefficient (Wildman–Crippen LogP) is 5.81. The third-order valence-corrected chi connectivity index (χ3v) is 5.82. The Bertz CT molecular complexity index is 1160. The van der Waals surface area contributed by atoms with Gasteiger partial charge in [0.2, 0.25) is 0 Å². The lowest BCUT2D eigenvalue weighted by Gasteiger charge is -2.08. The molecule has 0 spiro atoms. The molecule has 0 saturated heterocycles. The maximum absolute atomic E-state index is 11.6. The summed E-state index contributed by atoms with van der Waals surface area (Å²) in [5.41, 5.74) is 3.56. The standard InChI is InChI=1S/C22H18ClNO4S/c1-13-7-18-15(8-22(25)26-2)12-29-21(18)10-19(13)27-11-17-9-20(28-24-17)14-3-5-16(23)6-4-14/h3-7,9-10,12H,8,11H2,1-2H3. The van der Waals surface area contributed by atoms with Crippen LogP contribution < -0.4 is 4.74 Å². The highest BCUT2D eigenvalue weighted by Crippen LogP contribution is 2.33. The Morgan fingerprint density at radius 1 is 1.21 bits per heavy atom. The first-order chi connectivity index (χ1) is 14.0. The smallest absolute Gasteiger partial charge is 0.310 e. The quantitative estimate of drug-likeness (QED) is 0.363. The molecule has 0 fully saturated rings. The van der Waals surface area contributed by atoms with E-state index in [9.17, 15) is 4.79 Å². The number of rotatable bonds is 6. The summed E-state index contributed by atoms with van der Waals surface area (Å²) in [6.07, 6.45) is 0.266. The van der Waals surface area contributed by atoms with Gasteiger partial charge >= 0.3 is 5.97 Å². The number of ether oxygens (including phenoxy) is 2. The van der Waals surface area contributed by atoms with Crippen LogP contribution in [0.25, 0.3) is 21.4 Å². The molecule has 0 aliphatic heterocycles. The summed E-state index contributed by atoms with van der Waals surface area (Å²) in [5.74, 6) is 1.20. The van der Waals surface area contributed by atoms with Crippen LogP contribution in [0.2, 0.25) is 5.02 Å². The third-order valence-electron chi connectivity index (χ3n) is 4.58. The minimum Gasteiger partial charge on any atom is -0.487 e. The molecule has 0 N–H and O–H groups in total. The highest BCUT2D eigenvalue weighted by Gasteiger charge is 2.13. The van der Waals surface area contributed by atoms with Crippen LogP contribution in [0.3, 0.4) is 0 Å². The van der Waals surface area contributed by atoms with Gasteiger partial charge in [-0.15, -0.1) is 11.3 Å². The highest BCUT2D eigenvalue weighted by atomic mass is 35.5. The Kier molecular flexibility index (Phi) is 5.56. The van der Waals surface area contributed by atoms with Gasteiger partial charge in [0.05, 0.1) is 13.5 Å². The molecule has 0 aliphatic carbocycles. The van der Waals surface area contributed by atoms with Gasteiger partial charge in [-0.2, -0.15) is 0 Å². The van der Waals surface area contributed by atoms with Gasteiger partial charge in [0.15, 0.2) is 5.76 Å². The number of esters is 1. The van der Waals surface area contributed by atoms with Gasteiger partial charge in [-0.25, -0.2) is 0 Å². The second-order valence-corrected chi connectivity index (χ2v) is 7.95. The van der Waals surface area contributed by atoms with Gasteiger partial charge in [-0.1, -0.05) is 16.8 Å². The first-order valence-electron chi connectivity index (χ1n) is 8.95. The number of hydrogen-bond donors (Lipinski definition) is 0. The number of aromatic nitrogens is 1. The normalized spacial score (nSPS) is 11.0. The fourth-order valence-corrected chi connectivity index (χ4v) is 4.12. The summed E-state index contributed by atoms with van der Waals surface area (Å²) >= 11 is 7.50. The van der Waals surface area contributed by atoms with Crippen LogP contribution in [0.1, 0.15) is 16.8 Å². The van der Waals surface area contributed by atoms with Crippen molar-refractivity contribution in [1.82, 2.24) is 5.16 Å². The zero-order valence-electron chi connectivity index (χ0n) is 15.9. The molecule has 5 nitrogen and oxygen atoms in total. The summed E-state index contributed by atoms with van der Waals surface area (Å²) in [7, 11) is 1.40. The Morgan fingerprint density at radius 3 is 2.76 bits per heavy atom. The number of nitrogens with zero attached hydrogens (tertiary/aromatic N) is 1. The van der Waals surface area contributed by atoms with Crippen LogP contribution in [0.5, 0.6) is 5.75 Å². The molecule has 2 heterocycles. The minimum absolute atomic E-state index is 0.245. The summed E-state index contributed by atoms with van der Waals surface area (Å²) in [4.78, 5) is 11.6. The van der Waals surface area contributed by atoms with E-state index >= 15 is 0 Å². The Morgan fingerprint density at radius 2 is 2.00 bits per heavy atom. The van der Waals surface area contributed by atoms with Crippen molar-refractivity contribution < 1.29 is 18.8 Å². The first kappa shape index (κ1) is 19.5. The number of aryl methyl sites for hydroxylation is 1. The molecule has 0 bridgehead atoms. The second-order valence-electron chi connectivity index (χ2n) is 6.61. The second kappa shape index (κ2) is 8.27. The molecule has 0 aliphatic rings. The summed E-state index contributed by atoms with van der Waals surface area (Å²) in [5, 5.41) is 7.80. The zero-order chi connectivity index (χ0) is 20.4. The van der Waals surface area contributed by atoms with Crippen molar-refractivity contribution in [2.45, 2.75) is 20.0 Å². The fraction of sp³-hybridized carbons (Fsp3) is 0.182. The monoisotopic (exact) mass is 427 g/mol. The molecule has 148 valence electrons. The minimum atomic E-state index is -0.245. The molecule has 29 heavy (non-hydrogen) atoms. The van der Waals surface area contributed by atoms with E-state index in [1.54, 1.807) is 11.3 Å². The van der Waals surface area contributed by atoms with Crippen molar-refractivity contribution in [1.29, 1.82) is 0 Å². The molecule has 0 atom stereocenters. The predicted molar refractivity (Wildman–Crippen MR) is 114 cm³/mol. The van der Waals surface area contributed by atoms with E-state index in [0.717, 1.165) is 32.5 Å². The maximum Gasteiger partial charge on any atom is 0.310 e. The Balaban J connectivity index is 1.49. The van der Waals surface area contributed by atoms with E-state index < -0.39 is 0 Å². The van der Waals surface area contributed by atoms with Crippen LogP contribution in [-0.2, 0) is 22.6 Å². The molecule has 0 amide bonds. The van der Waals surface area contributed by atoms with E-state index in [2.05, 4.69) is 5.16 Å². The molecule has 0 unspecified atom stereocenters. The molecule has 4 rings (SSSR count). The third kappa shape index (κ3) is 4.28. The molecule has 7 heteroatoms. The van der Waals surface area contributed by atoms with E-state index in [1.165, 1.54) is 7.11 Å². The number of carbonyl (C=O) groups is 1. The molecule has 2 aromatic carbocycles. The van der Waals surface area contributed by atoms with E-state index in [1.807, 2.05) is 54.8 Å². The van der Waals surface area contributed by atoms with E-state index in [-0.39, 0.29) is 12.4 Å². The van der Waals surface area contributed by atoms with Crippen molar-refractivity contribution in [2.24, 2.45) is 0 Å². The van der Waals surface area contributed by atoms with Gasteiger partial charge < -0.3 is 14.0 Å². The molecule has 0 radical (unpaired) electrons. The van der Waals surface area contributed by atoms with Crippen molar-refractivity contribution in [3.63, 3.8) is 0 Å². The largest absolute Gasteiger partial charge is 0.487 e. The van der Waals surface area contributed by atoms with Crippen LogP contribution in [0, 0.1) is 6.92 Å². The molecular weight excluding hydrogens is 410 g/mol. The Hall–Kier alpha value is -2.83. The van der Waals surface area contributed by atoms with Gasteiger partial charge in [0.1, 0.15) is 18.1 Å². The lowest BCUT2D eigenvalue weighted by molar-refractivity contribution is -0.139. The summed E-state index contributed by atoms with van der Waals surface area (Å²) in [6, 6.07) is 13.3. The Labute approximate surface area is 176 Å². The number of thiophene rings is 1. The summed E-state index contributed by atoms with van der Waals surface area (Å²) < 4.78 is 17.2. The SMILES string of the molecule is COC(=O)Cc1csc2cc(OCc3cc(-c4ccc(Cl)cc4)on3)c(C)cc12. The number of halogens is 1. The molecule has 0 saturated carbocycles.